The maximum atomic E-state index is 13.1. The molecule has 0 aliphatic carbocycles. The van der Waals surface area contributed by atoms with E-state index in [2.05, 4.69) is 15.5 Å². The van der Waals surface area contributed by atoms with Gasteiger partial charge in [0.25, 0.3) is 5.91 Å². The smallest absolute Gasteiger partial charge is 0.286 e. The summed E-state index contributed by atoms with van der Waals surface area (Å²) in [6.45, 7) is 1.98. The number of nitrogens with one attached hydrogen (secondary N) is 1. The molecule has 1 aromatic heterocycles. The van der Waals surface area contributed by atoms with Gasteiger partial charge in [-0.15, -0.1) is 10.2 Å². The number of sulfonamides is 1. The van der Waals surface area contributed by atoms with Crippen molar-refractivity contribution < 1.29 is 22.0 Å². The molecule has 32 heavy (non-hydrogen) atoms. The van der Waals surface area contributed by atoms with Gasteiger partial charge in [-0.05, 0) is 48.5 Å². The maximum Gasteiger partial charge on any atom is 0.286 e. The molecule has 168 valence electrons. The van der Waals surface area contributed by atoms with E-state index in [1.165, 1.54) is 40.7 Å². The highest BCUT2D eigenvalue weighted by atomic mass is 32.2. The molecule has 0 unspecified atom stereocenters. The van der Waals surface area contributed by atoms with Crippen molar-refractivity contribution in [3.63, 3.8) is 0 Å². The van der Waals surface area contributed by atoms with Crippen LogP contribution in [0.3, 0.4) is 0 Å². The Morgan fingerprint density at radius 2 is 1.53 bits per heavy atom. The van der Waals surface area contributed by atoms with Crippen LogP contribution in [0, 0.1) is 11.6 Å². The number of hydrogen-bond acceptors (Lipinski definition) is 7. The zero-order valence-electron chi connectivity index (χ0n) is 16.7. The van der Waals surface area contributed by atoms with E-state index in [4.69, 9.17) is 0 Å². The van der Waals surface area contributed by atoms with Gasteiger partial charge in [0.2, 0.25) is 15.0 Å². The molecule has 1 fully saturated rings. The summed E-state index contributed by atoms with van der Waals surface area (Å²) >= 11 is 1.14. The molecule has 12 heteroatoms. The van der Waals surface area contributed by atoms with Crippen LogP contribution in [0.15, 0.2) is 53.4 Å². The van der Waals surface area contributed by atoms with Gasteiger partial charge < -0.3 is 5.32 Å². The van der Waals surface area contributed by atoms with Gasteiger partial charge >= 0.3 is 0 Å². The summed E-state index contributed by atoms with van der Waals surface area (Å²) in [7, 11) is -3.68. The monoisotopic (exact) mass is 479 g/mol. The molecular formula is C20H19F2N5O3S2. The third-order valence-electron chi connectivity index (χ3n) is 4.90. The van der Waals surface area contributed by atoms with Crippen LogP contribution in [-0.2, 0) is 16.6 Å². The molecule has 3 aromatic rings. The number of piperazine rings is 1. The normalized spacial score (nSPS) is 15.6. The molecule has 0 saturated carbocycles. The Kier molecular flexibility index (Phi) is 6.55. The van der Waals surface area contributed by atoms with Crippen LogP contribution in [0.1, 0.15) is 14.8 Å². The first-order valence-corrected chi connectivity index (χ1v) is 11.9. The number of halogens is 2. The molecular weight excluding hydrogens is 460 g/mol. The fourth-order valence-electron chi connectivity index (χ4n) is 3.20. The average molecular weight is 480 g/mol. The van der Waals surface area contributed by atoms with Crippen molar-refractivity contribution in [3.05, 3.63) is 70.2 Å². The van der Waals surface area contributed by atoms with E-state index in [0.717, 1.165) is 23.5 Å². The SMILES string of the molecule is O=C(Nc1ccc(F)cc1)c1nnc(CN2CCN(S(=O)(=O)c3ccc(F)cc3)CC2)s1. The highest BCUT2D eigenvalue weighted by molar-refractivity contribution is 7.89. The topological polar surface area (TPSA) is 95.5 Å². The van der Waals surface area contributed by atoms with Gasteiger partial charge in [-0.1, -0.05) is 11.3 Å². The number of anilines is 1. The van der Waals surface area contributed by atoms with Gasteiger partial charge in [0, 0.05) is 31.9 Å². The first-order valence-electron chi connectivity index (χ1n) is 9.69. The van der Waals surface area contributed by atoms with Crippen LogP contribution in [0.25, 0.3) is 0 Å². The lowest BCUT2D eigenvalue weighted by atomic mass is 10.3. The molecule has 1 aliphatic heterocycles. The summed E-state index contributed by atoms with van der Waals surface area (Å²) in [6, 6.07) is 10.2. The van der Waals surface area contributed by atoms with Crippen LogP contribution in [-0.4, -0.2) is 59.9 Å². The van der Waals surface area contributed by atoms with Crippen molar-refractivity contribution in [1.82, 2.24) is 19.4 Å². The van der Waals surface area contributed by atoms with Crippen molar-refractivity contribution in [2.45, 2.75) is 11.4 Å². The van der Waals surface area contributed by atoms with Crippen molar-refractivity contribution >= 4 is 33.0 Å². The van der Waals surface area contributed by atoms with E-state index in [9.17, 15) is 22.0 Å². The molecule has 0 bridgehead atoms. The van der Waals surface area contributed by atoms with Gasteiger partial charge in [0.05, 0.1) is 11.4 Å². The van der Waals surface area contributed by atoms with Crippen LogP contribution in [0.4, 0.5) is 14.5 Å². The Morgan fingerprint density at radius 3 is 2.16 bits per heavy atom. The van der Waals surface area contributed by atoms with Crippen LogP contribution < -0.4 is 5.32 Å². The van der Waals surface area contributed by atoms with Gasteiger partial charge in [-0.3, -0.25) is 9.69 Å². The number of carbonyl (C=O) groups excluding carboxylic acids is 1. The summed E-state index contributed by atoms with van der Waals surface area (Å²) in [5, 5.41) is 11.4. The standard InChI is InChI=1S/C20H19F2N5O3S2/c21-14-1-5-16(6-2-14)23-19(28)20-25-24-18(31-20)13-26-9-11-27(12-10-26)32(29,30)17-7-3-15(22)4-8-17/h1-8H,9-13H2,(H,23,28). The summed E-state index contributed by atoms with van der Waals surface area (Å²) in [5.74, 6) is -1.32. The predicted octanol–water partition coefficient (Wildman–Crippen LogP) is 2.58. The zero-order chi connectivity index (χ0) is 22.7. The molecule has 1 amide bonds. The van der Waals surface area contributed by atoms with E-state index in [1.807, 2.05) is 4.90 Å². The van der Waals surface area contributed by atoms with Crippen molar-refractivity contribution in [3.8, 4) is 0 Å². The third-order valence-corrected chi connectivity index (χ3v) is 7.72. The van der Waals surface area contributed by atoms with Crippen LogP contribution in [0.5, 0.6) is 0 Å². The number of benzene rings is 2. The van der Waals surface area contributed by atoms with E-state index in [0.29, 0.717) is 30.3 Å². The fraction of sp³-hybridized carbons (Fsp3) is 0.250. The second-order valence-corrected chi connectivity index (χ2v) is 10.1. The Labute approximate surface area is 187 Å². The lowest BCUT2D eigenvalue weighted by Gasteiger charge is -2.33. The predicted molar refractivity (Wildman–Crippen MR) is 115 cm³/mol. The summed E-state index contributed by atoms with van der Waals surface area (Å²) in [6.07, 6.45) is 0. The molecule has 0 radical (unpaired) electrons. The Balaban J connectivity index is 1.32. The van der Waals surface area contributed by atoms with E-state index in [-0.39, 0.29) is 23.0 Å². The molecule has 1 saturated heterocycles. The van der Waals surface area contributed by atoms with E-state index in [1.54, 1.807) is 0 Å². The highest BCUT2D eigenvalue weighted by Gasteiger charge is 2.29. The minimum absolute atomic E-state index is 0.0632. The highest BCUT2D eigenvalue weighted by Crippen LogP contribution is 2.20. The van der Waals surface area contributed by atoms with E-state index >= 15 is 0 Å². The number of nitrogens with zero attached hydrogens (tertiary/aromatic N) is 4. The summed E-state index contributed by atoms with van der Waals surface area (Å²) in [4.78, 5) is 14.4. The summed E-state index contributed by atoms with van der Waals surface area (Å²) in [5.41, 5.74) is 0.451. The number of carbonyl (C=O) groups is 1. The molecule has 1 aliphatic rings. The largest absolute Gasteiger partial charge is 0.320 e. The average Bonchev–Trinajstić information content (AvgIpc) is 3.25. The molecule has 8 nitrogen and oxygen atoms in total. The Morgan fingerprint density at radius 1 is 0.938 bits per heavy atom. The Bertz CT molecular complexity index is 1190. The number of hydrogen-bond donors (Lipinski definition) is 1. The molecule has 2 heterocycles. The van der Waals surface area contributed by atoms with Crippen molar-refractivity contribution in [2.75, 3.05) is 31.5 Å². The second kappa shape index (κ2) is 9.36. The molecule has 0 spiro atoms. The number of aromatic nitrogens is 2. The first kappa shape index (κ1) is 22.4. The van der Waals surface area contributed by atoms with Crippen LogP contribution in [0.2, 0.25) is 0 Å². The van der Waals surface area contributed by atoms with E-state index < -0.39 is 27.6 Å². The van der Waals surface area contributed by atoms with Gasteiger partial charge in [-0.25, -0.2) is 17.2 Å². The minimum atomic E-state index is -3.68. The lowest BCUT2D eigenvalue weighted by Crippen LogP contribution is -2.48. The molecule has 1 N–H and O–H groups in total. The molecule has 0 atom stereocenters. The van der Waals surface area contributed by atoms with Crippen molar-refractivity contribution in [1.29, 1.82) is 0 Å². The first-order chi connectivity index (χ1) is 15.3. The maximum absolute atomic E-state index is 13.1. The number of rotatable bonds is 6. The lowest BCUT2D eigenvalue weighted by molar-refractivity contribution is 0.102. The quantitative estimate of drug-likeness (QED) is 0.584. The summed E-state index contributed by atoms with van der Waals surface area (Å²) < 4.78 is 52.9. The second-order valence-electron chi connectivity index (χ2n) is 7.10. The van der Waals surface area contributed by atoms with Crippen LogP contribution >= 0.6 is 11.3 Å². The van der Waals surface area contributed by atoms with Gasteiger partial charge in [-0.2, -0.15) is 4.31 Å². The fourth-order valence-corrected chi connectivity index (χ4v) is 5.40. The minimum Gasteiger partial charge on any atom is -0.320 e. The third kappa shape index (κ3) is 5.15. The number of amides is 1. The van der Waals surface area contributed by atoms with Gasteiger partial charge in [0.1, 0.15) is 16.6 Å². The molecule has 4 rings (SSSR count). The van der Waals surface area contributed by atoms with Crippen molar-refractivity contribution in [2.24, 2.45) is 0 Å². The molecule has 2 aromatic carbocycles. The Hall–Kier alpha value is -2.80. The van der Waals surface area contributed by atoms with Gasteiger partial charge in [0.15, 0.2) is 0 Å². The zero-order valence-corrected chi connectivity index (χ0v) is 18.4.